The van der Waals surface area contributed by atoms with E-state index in [-0.39, 0.29) is 23.9 Å². The van der Waals surface area contributed by atoms with Gasteiger partial charge in [0.2, 0.25) is 0 Å². The highest BCUT2D eigenvalue weighted by Gasteiger charge is 2.26. The van der Waals surface area contributed by atoms with Crippen LogP contribution in [-0.2, 0) is 0 Å². The fourth-order valence-corrected chi connectivity index (χ4v) is 4.30. The fraction of sp³-hybridized carbons (Fsp3) is 0.440. The molecule has 1 aliphatic heterocycles. The lowest BCUT2D eigenvalue weighted by atomic mass is 9.97. The molecule has 1 atom stereocenters. The number of nitrogens with one attached hydrogen (secondary N) is 2. The van der Waals surface area contributed by atoms with Crippen molar-refractivity contribution in [3.8, 4) is 0 Å². The van der Waals surface area contributed by atoms with Gasteiger partial charge in [0.1, 0.15) is 0 Å². The van der Waals surface area contributed by atoms with Crippen molar-refractivity contribution in [2.45, 2.75) is 46.6 Å². The standard InChI is InChI=1S/C25H32N6O2/c1-16(2)31-23-20(14-27-31)12-22(18(4)28-23)24(32)30-11-5-6-19(15-30)13-26-25(33)29-21-9-7-17(3)8-10-21/h7-10,12,14,16,19H,5-6,11,13,15H2,1-4H3,(H2,26,29,33). The topological polar surface area (TPSA) is 92.2 Å². The zero-order chi connectivity index (χ0) is 23.5. The van der Waals surface area contributed by atoms with Gasteiger partial charge < -0.3 is 15.5 Å². The number of likely N-dealkylation sites (tertiary alicyclic amines) is 1. The molecule has 0 saturated carbocycles. The third kappa shape index (κ3) is 5.16. The van der Waals surface area contributed by atoms with E-state index in [1.807, 2.05) is 53.8 Å². The minimum absolute atomic E-state index is 0.00648. The Hall–Kier alpha value is -3.42. The molecule has 0 aliphatic carbocycles. The molecule has 1 fully saturated rings. The molecule has 0 bridgehead atoms. The first-order chi connectivity index (χ1) is 15.8. The highest BCUT2D eigenvalue weighted by Crippen LogP contribution is 2.23. The summed E-state index contributed by atoms with van der Waals surface area (Å²) in [5.74, 6) is 0.208. The summed E-state index contributed by atoms with van der Waals surface area (Å²) in [6.07, 6.45) is 3.66. The summed E-state index contributed by atoms with van der Waals surface area (Å²) in [5, 5.41) is 11.1. The van der Waals surface area contributed by atoms with Gasteiger partial charge in [-0.15, -0.1) is 0 Å². The van der Waals surface area contributed by atoms with Crippen molar-refractivity contribution in [3.63, 3.8) is 0 Å². The summed E-state index contributed by atoms with van der Waals surface area (Å²) in [4.78, 5) is 32.2. The SMILES string of the molecule is Cc1ccc(NC(=O)NCC2CCCN(C(=O)c3cc4cnn(C(C)C)c4nc3C)C2)cc1. The highest BCUT2D eigenvalue weighted by atomic mass is 16.2. The largest absolute Gasteiger partial charge is 0.338 e. The number of benzene rings is 1. The molecular weight excluding hydrogens is 416 g/mol. The molecule has 0 spiro atoms. The minimum atomic E-state index is -0.227. The van der Waals surface area contributed by atoms with Crippen LogP contribution in [0.4, 0.5) is 10.5 Å². The number of aryl methyl sites for hydroxylation is 2. The molecule has 3 heterocycles. The summed E-state index contributed by atoms with van der Waals surface area (Å²) in [7, 11) is 0. The van der Waals surface area contributed by atoms with E-state index in [4.69, 9.17) is 0 Å². The average Bonchev–Trinajstić information content (AvgIpc) is 3.21. The van der Waals surface area contributed by atoms with Crippen molar-refractivity contribution < 1.29 is 9.59 Å². The molecule has 0 radical (unpaired) electrons. The van der Waals surface area contributed by atoms with E-state index in [1.54, 1.807) is 6.20 Å². The van der Waals surface area contributed by atoms with Gasteiger partial charge in [-0.05, 0) is 64.7 Å². The molecule has 1 aromatic carbocycles. The lowest BCUT2D eigenvalue weighted by Gasteiger charge is -2.33. The van der Waals surface area contributed by atoms with Gasteiger partial charge in [0.05, 0.1) is 17.5 Å². The number of nitrogens with zero attached hydrogens (tertiary/aromatic N) is 4. The first-order valence-electron chi connectivity index (χ1n) is 11.6. The quantitative estimate of drug-likeness (QED) is 0.609. The van der Waals surface area contributed by atoms with Gasteiger partial charge in [-0.1, -0.05) is 17.7 Å². The number of carbonyl (C=O) groups is 2. The Kier molecular flexibility index (Phi) is 6.62. The van der Waals surface area contributed by atoms with Crippen molar-refractivity contribution in [3.05, 3.63) is 53.3 Å². The van der Waals surface area contributed by atoms with Crippen molar-refractivity contribution in [2.24, 2.45) is 5.92 Å². The number of anilines is 1. The van der Waals surface area contributed by atoms with Crippen LogP contribution in [-0.4, -0.2) is 51.2 Å². The predicted octanol–water partition coefficient (Wildman–Crippen LogP) is 4.30. The third-order valence-corrected chi connectivity index (χ3v) is 6.15. The Balaban J connectivity index is 1.37. The molecule has 2 aromatic heterocycles. The number of aromatic nitrogens is 3. The second-order valence-corrected chi connectivity index (χ2v) is 9.18. The highest BCUT2D eigenvalue weighted by molar-refractivity contribution is 5.98. The van der Waals surface area contributed by atoms with E-state index in [0.717, 1.165) is 35.1 Å². The molecule has 1 saturated heterocycles. The van der Waals surface area contributed by atoms with Gasteiger partial charge in [0, 0.05) is 36.7 Å². The number of urea groups is 1. The maximum atomic E-state index is 13.3. The van der Waals surface area contributed by atoms with Crippen molar-refractivity contribution in [1.82, 2.24) is 25.0 Å². The number of carbonyl (C=O) groups excluding carboxylic acids is 2. The summed E-state index contributed by atoms with van der Waals surface area (Å²) < 4.78 is 1.88. The smallest absolute Gasteiger partial charge is 0.319 e. The lowest BCUT2D eigenvalue weighted by molar-refractivity contribution is 0.0674. The number of amides is 3. The minimum Gasteiger partial charge on any atom is -0.338 e. The van der Waals surface area contributed by atoms with E-state index in [9.17, 15) is 9.59 Å². The summed E-state index contributed by atoms with van der Waals surface area (Å²) in [6.45, 7) is 9.87. The second kappa shape index (κ2) is 9.60. The fourth-order valence-electron chi connectivity index (χ4n) is 4.30. The van der Waals surface area contributed by atoms with Gasteiger partial charge >= 0.3 is 6.03 Å². The van der Waals surface area contributed by atoms with Gasteiger partial charge in [-0.3, -0.25) is 4.79 Å². The maximum Gasteiger partial charge on any atom is 0.319 e. The number of piperidine rings is 1. The van der Waals surface area contributed by atoms with Gasteiger partial charge in [-0.25, -0.2) is 14.5 Å². The molecule has 3 aromatic rings. The van der Waals surface area contributed by atoms with Crippen LogP contribution in [0.3, 0.4) is 0 Å². The van der Waals surface area contributed by atoms with Crippen molar-refractivity contribution >= 4 is 28.7 Å². The van der Waals surface area contributed by atoms with Crippen LogP contribution in [0, 0.1) is 19.8 Å². The number of hydrogen-bond acceptors (Lipinski definition) is 4. The van der Waals surface area contributed by atoms with Crippen LogP contribution >= 0.6 is 0 Å². The molecular formula is C25H32N6O2. The predicted molar refractivity (Wildman–Crippen MR) is 129 cm³/mol. The zero-order valence-electron chi connectivity index (χ0n) is 19.8. The number of pyridine rings is 1. The number of hydrogen-bond donors (Lipinski definition) is 2. The summed E-state index contributed by atoms with van der Waals surface area (Å²) in [5.41, 5.74) is 4.05. The molecule has 174 valence electrons. The molecule has 8 heteroatoms. The molecule has 8 nitrogen and oxygen atoms in total. The van der Waals surface area contributed by atoms with Crippen molar-refractivity contribution in [1.29, 1.82) is 0 Å². The normalized spacial score (nSPS) is 16.3. The summed E-state index contributed by atoms with van der Waals surface area (Å²) >= 11 is 0. The van der Waals surface area contributed by atoms with Crippen LogP contribution in [0.5, 0.6) is 0 Å². The van der Waals surface area contributed by atoms with Crippen molar-refractivity contribution in [2.75, 3.05) is 25.0 Å². The zero-order valence-corrected chi connectivity index (χ0v) is 19.8. The number of rotatable bonds is 5. The third-order valence-electron chi connectivity index (χ3n) is 6.15. The van der Waals surface area contributed by atoms with Gasteiger partial charge in [-0.2, -0.15) is 5.10 Å². The molecule has 1 aliphatic rings. The van der Waals surface area contributed by atoms with E-state index < -0.39 is 0 Å². The Morgan fingerprint density at radius 2 is 1.94 bits per heavy atom. The second-order valence-electron chi connectivity index (χ2n) is 9.18. The first kappa shape index (κ1) is 22.8. The lowest BCUT2D eigenvalue weighted by Crippen LogP contribution is -2.44. The average molecular weight is 449 g/mol. The Morgan fingerprint density at radius 3 is 2.67 bits per heavy atom. The molecule has 2 N–H and O–H groups in total. The monoisotopic (exact) mass is 448 g/mol. The molecule has 4 rings (SSSR count). The Bertz CT molecular complexity index is 1150. The van der Waals surface area contributed by atoms with E-state index in [1.165, 1.54) is 0 Å². The maximum absolute atomic E-state index is 13.3. The number of fused-ring (bicyclic) bond motifs is 1. The summed E-state index contributed by atoms with van der Waals surface area (Å²) in [6, 6.07) is 9.57. The van der Waals surface area contributed by atoms with Gasteiger partial charge in [0.25, 0.3) is 5.91 Å². The van der Waals surface area contributed by atoms with E-state index in [0.29, 0.717) is 30.9 Å². The van der Waals surface area contributed by atoms with Crippen LogP contribution < -0.4 is 10.6 Å². The molecule has 1 unspecified atom stereocenters. The van der Waals surface area contributed by atoms with E-state index >= 15 is 0 Å². The first-order valence-corrected chi connectivity index (χ1v) is 11.6. The Labute approximate surface area is 194 Å². The van der Waals surface area contributed by atoms with Crippen LogP contribution in [0.2, 0.25) is 0 Å². The van der Waals surface area contributed by atoms with Gasteiger partial charge in [0.15, 0.2) is 5.65 Å². The van der Waals surface area contributed by atoms with Crippen LogP contribution in [0.25, 0.3) is 11.0 Å². The Morgan fingerprint density at radius 1 is 1.18 bits per heavy atom. The van der Waals surface area contributed by atoms with E-state index in [2.05, 4.69) is 34.6 Å². The van der Waals surface area contributed by atoms with Crippen LogP contribution in [0.15, 0.2) is 36.5 Å². The molecule has 33 heavy (non-hydrogen) atoms. The van der Waals surface area contributed by atoms with Crippen LogP contribution in [0.1, 0.15) is 54.3 Å². The molecule has 3 amide bonds.